The molecule has 0 aromatic heterocycles. The molecule has 2 amide bonds. The summed E-state index contributed by atoms with van der Waals surface area (Å²) in [6, 6.07) is 15.2. The second-order valence-corrected chi connectivity index (χ2v) is 13.7. The predicted molar refractivity (Wildman–Crippen MR) is 171 cm³/mol. The molecule has 0 aliphatic carbocycles. The van der Waals surface area contributed by atoms with Gasteiger partial charge in [-0.15, -0.1) is 0 Å². The average molecular weight is 653 g/mol. The number of nitrogens with zero attached hydrogens (tertiary/aromatic N) is 2. The molecule has 0 spiro atoms. The molecule has 7 nitrogen and oxygen atoms in total. The van der Waals surface area contributed by atoms with Crippen molar-refractivity contribution in [2.75, 3.05) is 17.4 Å². The molecule has 226 valence electrons. The zero-order valence-corrected chi connectivity index (χ0v) is 27.4. The first-order valence-corrected chi connectivity index (χ1v) is 16.2. The molecule has 0 radical (unpaired) electrons. The minimum atomic E-state index is -4.20. The van der Waals surface area contributed by atoms with E-state index in [-0.39, 0.29) is 23.3 Å². The molecule has 0 aliphatic rings. The topological polar surface area (TPSA) is 86.8 Å². The summed E-state index contributed by atoms with van der Waals surface area (Å²) in [5.74, 6) is -0.706. The lowest BCUT2D eigenvalue weighted by atomic mass is 10.1. The third-order valence-electron chi connectivity index (χ3n) is 6.74. The zero-order valence-electron chi connectivity index (χ0n) is 24.3. The Morgan fingerprint density at radius 3 is 2.10 bits per heavy atom. The summed E-state index contributed by atoms with van der Waals surface area (Å²) in [7, 11) is -4.20. The Bertz CT molecular complexity index is 1530. The number of carbonyl (C=O) groups excluding carboxylic acids is 2. The van der Waals surface area contributed by atoms with Crippen molar-refractivity contribution in [3.63, 3.8) is 0 Å². The Hall–Kier alpha value is -2.78. The number of anilines is 1. The van der Waals surface area contributed by atoms with Gasteiger partial charge in [-0.25, -0.2) is 8.42 Å². The van der Waals surface area contributed by atoms with Crippen LogP contribution in [0.3, 0.4) is 0 Å². The number of halogens is 3. The predicted octanol–water partition coefficient (Wildman–Crippen LogP) is 7.04. The highest BCUT2D eigenvalue weighted by Gasteiger charge is 2.34. The Morgan fingerprint density at radius 2 is 1.52 bits per heavy atom. The molecule has 0 heterocycles. The largest absolute Gasteiger partial charge is 0.354 e. The van der Waals surface area contributed by atoms with Crippen LogP contribution in [-0.4, -0.2) is 44.3 Å². The van der Waals surface area contributed by atoms with Crippen LogP contribution in [0.25, 0.3) is 0 Å². The summed E-state index contributed by atoms with van der Waals surface area (Å²) in [5, 5.41) is 4.10. The van der Waals surface area contributed by atoms with E-state index in [4.69, 9.17) is 34.8 Å². The maximum absolute atomic E-state index is 14.2. The Morgan fingerprint density at radius 1 is 0.905 bits per heavy atom. The number of aryl methyl sites for hydroxylation is 2. The van der Waals surface area contributed by atoms with Gasteiger partial charge in [-0.2, -0.15) is 0 Å². The third kappa shape index (κ3) is 8.40. The van der Waals surface area contributed by atoms with Crippen LogP contribution in [0.1, 0.15) is 43.9 Å². The summed E-state index contributed by atoms with van der Waals surface area (Å²) < 4.78 is 29.2. The van der Waals surface area contributed by atoms with Gasteiger partial charge < -0.3 is 10.2 Å². The number of amides is 2. The van der Waals surface area contributed by atoms with E-state index in [2.05, 4.69) is 5.32 Å². The molecular weight excluding hydrogens is 617 g/mol. The molecule has 3 aromatic carbocycles. The van der Waals surface area contributed by atoms with Gasteiger partial charge in [0, 0.05) is 28.2 Å². The maximum Gasteiger partial charge on any atom is 0.264 e. The smallest absolute Gasteiger partial charge is 0.264 e. The lowest BCUT2D eigenvalue weighted by molar-refractivity contribution is -0.140. The van der Waals surface area contributed by atoms with Crippen LogP contribution in [-0.2, 0) is 26.2 Å². The van der Waals surface area contributed by atoms with E-state index in [9.17, 15) is 18.0 Å². The van der Waals surface area contributed by atoms with Crippen molar-refractivity contribution in [1.82, 2.24) is 10.2 Å². The summed E-state index contributed by atoms with van der Waals surface area (Å²) in [6.45, 7) is 9.17. The van der Waals surface area contributed by atoms with Gasteiger partial charge in [0.15, 0.2) is 0 Å². The van der Waals surface area contributed by atoms with Gasteiger partial charge in [0.2, 0.25) is 11.8 Å². The number of nitrogens with one attached hydrogen (secondary N) is 1. The van der Waals surface area contributed by atoms with E-state index in [1.807, 2.05) is 20.8 Å². The Balaban J connectivity index is 2.10. The van der Waals surface area contributed by atoms with E-state index in [1.165, 1.54) is 17.0 Å². The summed E-state index contributed by atoms with van der Waals surface area (Å²) in [4.78, 5) is 29.0. The minimum absolute atomic E-state index is 0.0273. The highest BCUT2D eigenvalue weighted by Crippen LogP contribution is 2.30. The van der Waals surface area contributed by atoms with Crippen molar-refractivity contribution in [3.8, 4) is 0 Å². The van der Waals surface area contributed by atoms with E-state index in [1.54, 1.807) is 62.4 Å². The summed E-state index contributed by atoms with van der Waals surface area (Å²) in [6.07, 6.45) is 0.297. The van der Waals surface area contributed by atoms with Crippen molar-refractivity contribution >= 4 is 62.3 Å². The standard InChI is InChI=1S/C31H36Cl3N3O4S/c1-6-28(31(39)35-17-20(2)3)36(18-23-9-10-25(33)16-27(23)34)30(38)19-37(29-14-11-24(32)15-22(29)5)42(40,41)26-12-7-21(4)8-13-26/h7-16,20,28H,6,17-19H2,1-5H3,(H,35,39). The highest BCUT2D eigenvalue weighted by molar-refractivity contribution is 7.92. The molecule has 0 fully saturated rings. The van der Waals surface area contributed by atoms with Gasteiger partial charge in [0.25, 0.3) is 10.0 Å². The van der Waals surface area contributed by atoms with Crippen LogP contribution in [0.5, 0.6) is 0 Å². The first-order chi connectivity index (χ1) is 19.7. The fourth-order valence-corrected chi connectivity index (χ4v) is 6.60. The van der Waals surface area contributed by atoms with Crippen LogP contribution in [0, 0.1) is 19.8 Å². The number of sulfonamides is 1. The molecule has 42 heavy (non-hydrogen) atoms. The zero-order chi connectivity index (χ0) is 31.2. The SMILES string of the molecule is CCC(C(=O)NCC(C)C)N(Cc1ccc(Cl)cc1Cl)C(=O)CN(c1ccc(Cl)cc1C)S(=O)(=O)c1ccc(C)cc1. The minimum Gasteiger partial charge on any atom is -0.354 e. The molecule has 0 saturated heterocycles. The van der Waals surface area contributed by atoms with Crippen LogP contribution < -0.4 is 9.62 Å². The maximum atomic E-state index is 14.2. The van der Waals surface area contributed by atoms with Gasteiger partial charge in [-0.05, 0) is 79.8 Å². The lowest BCUT2D eigenvalue weighted by Crippen LogP contribution is -2.52. The first-order valence-electron chi connectivity index (χ1n) is 13.6. The van der Waals surface area contributed by atoms with Crippen LogP contribution >= 0.6 is 34.8 Å². The molecule has 0 saturated carbocycles. The molecule has 0 aliphatic heterocycles. The number of hydrogen-bond acceptors (Lipinski definition) is 4. The average Bonchev–Trinajstić information content (AvgIpc) is 2.92. The monoisotopic (exact) mass is 651 g/mol. The van der Waals surface area contributed by atoms with E-state index in [0.717, 1.165) is 9.87 Å². The van der Waals surface area contributed by atoms with E-state index < -0.39 is 28.5 Å². The van der Waals surface area contributed by atoms with Crippen LogP contribution in [0.2, 0.25) is 15.1 Å². The number of rotatable bonds is 12. The van der Waals surface area contributed by atoms with Crippen molar-refractivity contribution in [2.45, 2.75) is 58.5 Å². The van der Waals surface area contributed by atoms with E-state index in [0.29, 0.717) is 44.8 Å². The second-order valence-electron chi connectivity index (χ2n) is 10.6. The van der Waals surface area contributed by atoms with Crippen molar-refractivity contribution in [1.29, 1.82) is 0 Å². The van der Waals surface area contributed by atoms with E-state index >= 15 is 0 Å². The third-order valence-corrected chi connectivity index (χ3v) is 9.34. The van der Waals surface area contributed by atoms with Gasteiger partial charge >= 0.3 is 0 Å². The molecule has 1 atom stereocenters. The van der Waals surface area contributed by atoms with Gasteiger partial charge in [-0.1, -0.05) is 79.3 Å². The molecule has 11 heteroatoms. The Kier molecular flexibility index (Phi) is 11.7. The quantitative estimate of drug-likeness (QED) is 0.227. The number of hydrogen-bond donors (Lipinski definition) is 1. The van der Waals surface area contributed by atoms with Crippen LogP contribution in [0.15, 0.2) is 65.6 Å². The van der Waals surface area contributed by atoms with Crippen molar-refractivity contribution in [2.24, 2.45) is 5.92 Å². The summed E-state index contributed by atoms with van der Waals surface area (Å²) >= 11 is 18.7. The lowest BCUT2D eigenvalue weighted by Gasteiger charge is -2.34. The molecule has 0 bridgehead atoms. The molecule has 3 aromatic rings. The second kappa shape index (κ2) is 14.6. The number of benzene rings is 3. The normalized spacial score (nSPS) is 12.2. The van der Waals surface area contributed by atoms with Gasteiger partial charge in [0.05, 0.1) is 10.6 Å². The fourth-order valence-electron chi connectivity index (χ4n) is 4.42. The van der Waals surface area contributed by atoms with Crippen LogP contribution in [0.4, 0.5) is 5.69 Å². The first kappa shape index (κ1) is 33.7. The Labute approximate surface area is 263 Å². The van der Waals surface area contributed by atoms with Crippen molar-refractivity contribution in [3.05, 3.63) is 92.4 Å². The summed E-state index contributed by atoms with van der Waals surface area (Å²) in [5.41, 5.74) is 2.33. The highest BCUT2D eigenvalue weighted by atomic mass is 35.5. The van der Waals surface area contributed by atoms with Gasteiger partial charge in [-0.3, -0.25) is 13.9 Å². The van der Waals surface area contributed by atoms with Gasteiger partial charge in [0.1, 0.15) is 12.6 Å². The van der Waals surface area contributed by atoms with Crippen molar-refractivity contribution < 1.29 is 18.0 Å². The fraction of sp³-hybridized carbons (Fsp3) is 0.355. The molecule has 3 rings (SSSR count). The number of carbonyl (C=O) groups is 2. The molecule has 1 unspecified atom stereocenters. The molecular formula is C31H36Cl3N3O4S. The molecule has 1 N–H and O–H groups in total.